The highest BCUT2D eigenvalue weighted by Gasteiger charge is 2.46. The average Bonchev–Trinajstić information content (AvgIpc) is 2.93. The van der Waals surface area contributed by atoms with Crippen LogP contribution in [0.1, 0.15) is 19.8 Å². The first-order valence-electron chi connectivity index (χ1n) is 6.16. The molecule has 0 amide bonds. The van der Waals surface area contributed by atoms with Gasteiger partial charge in [-0.1, -0.05) is 0 Å². The molecule has 1 saturated heterocycles. The highest BCUT2D eigenvalue weighted by Crippen LogP contribution is 2.47. The fourth-order valence-electron chi connectivity index (χ4n) is 2.48. The molecule has 4 heteroatoms. The van der Waals surface area contributed by atoms with Gasteiger partial charge in [0.15, 0.2) is 0 Å². The zero-order chi connectivity index (χ0) is 11.6. The van der Waals surface area contributed by atoms with Gasteiger partial charge in [-0.25, -0.2) is 4.39 Å². The summed E-state index contributed by atoms with van der Waals surface area (Å²) in [6.45, 7) is 5.83. The Hall–Kier alpha value is -0.190. The molecule has 1 aliphatic heterocycles. The minimum absolute atomic E-state index is 0.233. The lowest BCUT2D eigenvalue weighted by Crippen LogP contribution is -2.32. The Balaban J connectivity index is 1.78. The third kappa shape index (κ3) is 2.73. The van der Waals surface area contributed by atoms with E-state index in [-0.39, 0.29) is 6.10 Å². The summed E-state index contributed by atoms with van der Waals surface area (Å²) in [5.41, 5.74) is 0.318. The van der Waals surface area contributed by atoms with Gasteiger partial charge in [-0.05, 0) is 19.8 Å². The molecule has 1 aliphatic carbocycles. The van der Waals surface area contributed by atoms with E-state index in [0.717, 1.165) is 26.3 Å². The van der Waals surface area contributed by atoms with Crippen LogP contribution in [0.4, 0.5) is 4.39 Å². The molecular weight excluding hydrogens is 209 g/mol. The summed E-state index contributed by atoms with van der Waals surface area (Å²) in [6.07, 6.45) is 1.38. The first-order chi connectivity index (χ1) is 7.69. The van der Waals surface area contributed by atoms with Gasteiger partial charge in [-0.3, -0.25) is 4.90 Å². The molecule has 0 N–H and O–H groups in total. The monoisotopic (exact) mass is 231 g/mol. The largest absolute Gasteiger partial charge is 0.381 e. The average molecular weight is 231 g/mol. The predicted octanol–water partition coefficient (Wildman–Crippen LogP) is 1.47. The van der Waals surface area contributed by atoms with Crippen molar-refractivity contribution in [3.05, 3.63) is 0 Å². The number of rotatable bonds is 6. The number of hydrogen-bond acceptors (Lipinski definition) is 3. The summed E-state index contributed by atoms with van der Waals surface area (Å²) >= 11 is 0. The summed E-state index contributed by atoms with van der Waals surface area (Å²) in [5, 5.41) is 0. The van der Waals surface area contributed by atoms with Crippen molar-refractivity contribution in [3.8, 4) is 0 Å². The molecule has 2 fully saturated rings. The standard InChI is InChI=1S/C12H22FNO2/c1-3-16-9-12(4-5-12)8-14-6-10(13)11(7-14)15-2/h10-11H,3-9H2,1-2H3. The summed E-state index contributed by atoms with van der Waals surface area (Å²) in [4.78, 5) is 2.19. The molecule has 2 unspecified atom stereocenters. The third-order valence-corrected chi connectivity index (χ3v) is 3.71. The highest BCUT2D eigenvalue weighted by atomic mass is 19.1. The van der Waals surface area contributed by atoms with E-state index in [4.69, 9.17) is 9.47 Å². The Labute approximate surface area is 96.9 Å². The van der Waals surface area contributed by atoms with Crippen molar-refractivity contribution in [2.45, 2.75) is 32.0 Å². The van der Waals surface area contributed by atoms with Crippen LogP contribution in [-0.2, 0) is 9.47 Å². The van der Waals surface area contributed by atoms with E-state index < -0.39 is 6.17 Å². The molecule has 0 spiro atoms. The van der Waals surface area contributed by atoms with Gasteiger partial charge in [-0.15, -0.1) is 0 Å². The molecule has 94 valence electrons. The van der Waals surface area contributed by atoms with Crippen molar-refractivity contribution < 1.29 is 13.9 Å². The quantitative estimate of drug-likeness (QED) is 0.691. The minimum Gasteiger partial charge on any atom is -0.381 e. The number of nitrogens with zero attached hydrogens (tertiary/aromatic N) is 1. The van der Waals surface area contributed by atoms with Gasteiger partial charge in [-0.2, -0.15) is 0 Å². The molecule has 0 aromatic rings. The number of likely N-dealkylation sites (tertiary alicyclic amines) is 1. The Morgan fingerprint density at radius 3 is 2.62 bits per heavy atom. The number of methoxy groups -OCH3 is 1. The first-order valence-corrected chi connectivity index (χ1v) is 6.16. The van der Waals surface area contributed by atoms with Crippen molar-refractivity contribution in [3.63, 3.8) is 0 Å². The summed E-state index contributed by atoms with van der Waals surface area (Å²) in [7, 11) is 1.59. The van der Waals surface area contributed by atoms with Gasteiger partial charge >= 0.3 is 0 Å². The van der Waals surface area contributed by atoms with Crippen LogP contribution in [0.2, 0.25) is 0 Å². The molecule has 2 rings (SSSR count). The van der Waals surface area contributed by atoms with Gasteiger partial charge in [0.2, 0.25) is 0 Å². The maximum absolute atomic E-state index is 13.5. The number of alkyl halides is 1. The fraction of sp³-hybridized carbons (Fsp3) is 1.00. The SMILES string of the molecule is CCOCC1(CN2CC(F)C(OC)C2)CC1. The number of halogens is 1. The summed E-state index contributed by atoms with van der Waals surface area (Å²) < 4.78 is 24.1. The molecule has 0 bridgehead atoms. The second-order valence-corrected chi connectivity index (χ2v) is 5.12. The van der Waals surface area contributed by atoms with Gasteiger partial charge < -0.3 is 9.47 Å². The fourth-order valence-corrected chi connectivity index (χ4v) is 2.48. The highest BCUT2D eigenvalue weighted by molar-refractivity contribution is 4.98. The van der Waals surface area contributed by atoms with Crippen molar-refractivity contribution in [2.24, 2.45) is 5.41 Å². The first kappa shape index (κ1) is 12.3. The Morgan fingerprint density at radius 1 is 1.38 bits per heavy atom. The number of hydrogen-bond donors (Lipinski definition) is 0. The smallest absolute Gasteiger partial charge is 0.140 e. The lowest BCUT2D eigenvalue weighted by atomic mass is 10.1. The second kappa shape index (κ2) is 4.98. The lowest BCUT2D eigenvalue weighted by molar-refractivity contribution is 0.0584. The Morgan fingerprint density at radius 2 is 2.12 bits per heavy atom. The molecule has 2 atom stereocenters. The minimum atomic E-state index is -0.826. The summed E-state index contributed by atoms with van der Waals surface area (Å²) in [6, 6.07) is 0. The zero-order valence-electron chi connectivity index (χ0n) is 10.2. The molecule has 2 aliphatic rings. The van der Waals surface area contributed by atoms with E-state index >= 15 is 0 Å². The van der Waals surface area contributed by atoms with Crippen LogP contribution in [0.3, 0.4) is 0 Å². The van der Waals surface area contributed by atoms with Gasteiger partial charge in [0.05, 0.1) is 6.61 Å². The van der Waals surface area contributed by atoms with Crippen LogP contribution in [0, 0.1) is 5.41 Å². The van der Waals surface area contributed by atoms with E-state index in [0.29, 0.717) is 12.0 Å². The van der Waals surface area contributed by atoms with E-state index in [1.165, 1.54) is 12.8 Å². The molecule has 0 aromatic carbocycles. The second-order valence-electron chi connectivity index (χ2n) is 5.12. The topological polar surface area (TPSA) is 21.7 Å². The predicted molar refractivity (Wildman–Crippen MR) is 60.3 cm³/mol. The lowest BCUT2D eigenvalue weighted by Gasteiger charge is -2.22. The van der Waals surface area contributed by atoms with Crippen LogP contribution >= 0.6 is 0 Å². The molecule has 0 aromatic heterocycles. The maximum Gasteiger partial charge on any atom is 0.140 e. The van der Waals surface area contributed by atoms with Crippen LogP contribution in [0.5, 0.6) is 0 Å². The van der Waals surface area contributed by atoms with Crippen LogP contribution in [0.25, 0.3) is 0 Å². The summed E-state index contributed by atoms with van der Waals surface area (Å²) in [5.74, 6) is 0. The zero-order valence-corrected chi connectivity index (χ0v) is 10.2. The van der Waals surface area contributed by atoms with E-state index in [1.54, 1.807) is 7.11 Å². The van der Waals surface area contributed by atoms with Gasteiger partial charge in [0.1, 0.15) is 12.3 Å². The molecule has 1 heterocycles. The van der Waals surface area contributed by atoms with E-state index in [2.05, 4.69) is 4.90 Å². The van der Waals surface area contributed by atoms with Crippen LogP contribution < -0.4 is 0 Å². The molecule has 0 radical (unpaired) electrons. The maximum atomic E-state index is 13.5. The van der Waals surface area contributed by atoms with Gasteiger partial charge in [0.25, 0.3) is 0 Å². The van der Waals surface area contributed by atoms with Crippen LogP contribution in [-0.4, -0.2) is 57.1 Å². The van der Waals surface area contributed by atoms with E-state index in [9.17, 15) is 4.39 Å². The van der Waals surface area contributed by atoms with E-state index in [1.807, 2.05) is 6.92 Å². The molecular formula is C12H22FNO2. The van der Waals surface area contributed by atoms with Gasteiger partial charge in [0, 0.05) is 38.8 Å². The van der Waals surface area contributed by atoms with Crippen molar-refractivity contribution in [2.75, 3.05) is 40.0 Å². The molecule has 1 saturated carbocycles. The molecule has 3 nitrogen and oxygen atoms in total. The van der Waals surface area contributed by atoms with Crippen molar-refractivity contribution in [1.29, 1.82) is 0 Å². The number of ether oxygens (including phenoxy) is 2. The Bertz CT molecular complexity index is 233. The van der Waals surface area contributed by atoms with Crippen molar-refractivity contribution >= 4 is 0 Å². The molecule has 16 heavy (non-hydrogen) atoms. The van der Waals surface area contributed by atoms with Crippen molar-refractivity contribution in [1.82, 2.24) is 4.90 Å². The third-order valence-electron chi connectivity index (χ3n) is 3.71. The van der Waals surface area contributed by atoms with Crippen LogP contribution in [0.15, 0.2) is 0 Å². The normalized spacial score (nSPS) is 33.2. The Kier molecular flexibility index (Phi) is 3.82.